The molecule has 176 valence electrons. The van der Waals surface area contributed by atoms with Crippen LogP contribution in [0.15, 0.2) is 54.9 Å². The van der Waals surface area contributed by atoms with E-state index in [9.17, 15) is 22.8 Å². The molecule has 1 aromatic heterocycles. The SMILES string of the molecule is Cc1cc(CC(=O)Cc2cccc(C(F)(F)F)c2)ccc1Oc1cc(NC(=O)C2CC2)ncn1. The molecule has 0 aliphatic heterocycles. The van der Waals surface area contributed by atoms with Crippen molar-refractivity contribution in [2.45, 2.75) is 38.8 Å². The minimum Gasteiger partial charge on any atom is -0.439 e. The van der Waals surface area contributed by atoms with E-state index < -0.39 is 11.7 Å². The molecular formula is C25H22F3N3O3. The summed E-state index contributed by atoms with van der Waals surface area (Å²) in [6.07, 6.45) is -1.38. The zero-order valence-electron chi connectivity index (χ0n) is 18.4. The van der Waals surface area contributed by atoms with Crippen molar-refractivity contribution in [3.63, 3.8) is 0 Å². The molecule has 1 amide bonds. The first-order chi connectivity index (χ1) is 16.2. The lowest BCUT2D eigenvalue weighted by Gasteiger charge is -2.11. The van der Waals surface area contributed by atoms with Crippen molar-refractivity contribution in [1.82, 2.24) is 9.97 Å². The summed E-state index contributed by atoms with van der Waals surface area (Å²) >= 11 is 0. The minimum atomic E-state index is -4.45. The number of aryl methyl sites for hydroxylation is 1. The van der Waals surface area contributed by atoms with Crippen LogP contribution in [0.5, 0.6) is 11.6 Å². The molecule has 3 aromatic rings. The monoisotopic (exact) mass is 469 g/mol. The Labute approximate surface area is 194 Å². The van der Waals surface area contributed by atoms with Crippen LogP contribution in [0.25, 0.3) is 0 Å². The first kappa shape index (κ1) is 23.4. The van der Waals surface area contributed by atoms with Gasteiger partial charge in [0, 0.05) is 24.8 Å². The number of nitrogens with zero attached hydrogens (tertiary/aromatic N) is 2. The molecule has 0 spiro atoms. The van der Waals surface area contributed by atoms with Crippen molar-refractivity contribution in [2.75, 3.05) is 5.32 Å². The third-order valence-corrected chi connectivity index (χ3v) is 5.35. The van der Waals surface area contributed by atoms with Gasteiger partial charge in [-0.2, -0.15) is 13.2 Å². The summed E-state index contributed by atoms with van der Waals surface area (Å²) in [5.74, 6) is 0.922. The van der Waals surface area contributed by atoms with Crippen LogP contribution in [0.1, 0.15) is 35.1 Å². The van der Waals surface area contributed by atoms with Crippen LogP contribution in [-0.2, 0) is 28.6 Å². The molecule has 1 heterocycles. The number of carbonyl (C=O) groups excluding carboxylic acids is 2. The van der Waals surface area contributed by atoms with E-state index in [1.54, 1.807) is 18.2 Å². The highest BCUT2D eigenvalue weighted by Gasteiger charge is 2.31. The molecule has 1 N–H and O–H groups in total. The molecule has 1 aliphatic carbocycles. The lowest BCUT2D eigenvalue weighted by atomic mass is 10.00. The van der Waals surface area contributed by atoms with Crippen LogP contribution in [0.3, 0.4) is 0 Å². The van der Waals surface area contributed by atoms with E-state index in [0.29, 0.717) is 17.1 Å². The largest absolute Gasteiger partial charge is 0.439 e. The lowest BCUT2D eigenvalue weighted by molar-refractivity contribution is -0.137. The number of benzene rings is 2. The number of ether oxygens (including phenoxy) is 1. The smallest absolute Gasteiger partial charge is 0.416 e. The van der Waals surface area contributed by atoms with Gasteiger partial charge >= 0.3 is 6.18 Å². The molecule has 1 fully saturated rings. The number of alkyl halides is 3. The van der Waals surface area contributed by atoms with Gasteiger partial charge in [-0.3, -0.25) is 9.59 Å². The molecule has 34 heavy (non-hydrogen) atoms. The number of hydrogen-bond donors (Lipinski definition) is 1. The van der Waals surface area contributed by atoms with Crippen LogP contribution in [0.2, 0.25) is 0 Å². The quantitative estimate of drug-likeness (QED) is 0.484. The number of amides is 1. The molecule has 0 radical (unpaired) electrons. The van der Waals surface area contributed by atoms with Gasteiger partial charge in [-0.15, -0.1) is 0 Å². The lowest BCUT2D eigenvalue weighted by Crippen LogP contribution is -2.14. The molecule has 0 atom stereocenters. The molecule has 9 heteroatoms. The summed E-state index contributed by atoms with van der Waals surface area (Å²) < 4.78 is 44.5. The Bertz CT molecular complexity index is 1220. The van der Waals surface area contributed by atoms with Crippen LogP contribution in [0.4, 0.5) is 19.0 Å². The normalized spacial score (nSPS) is 13.4. The molecule has 0 saturated heterocycles. The van der Waals surface area contributed by atoms with Crippen molar-refractivity contribution in [1.29, 1.82) is 0 Å². The Morgan fingerprint density at radius 1 is 1.03 bits per heavy atom. The van der Waals surface area contributed by atoms with Crippen LogP contribution in [0, 0.1) is 12.8 Å². The van der Waals surface area contributed by atoms with Crippen LogP contribution >= 0.6 is 0 Å². The van der Waals surface area contributed by atoms with Crippen molar-refractivity contribution in [2.24, 2.45) is 5.92 Å². The highest BCUT2D eigenvalue weighted by Crippen LogP contribution is 2.31. The second-order valence-electron chi connectivity index (χ2n) is 8.30. The summed E-state index contributed by atoms with van der Waals surface area (Å²) in [5.41, 5.74) is 1.04. The molecule has 4 rings (SSSR count). The third kappa shape index (κ3) is 6.18. The van der Waals surface area contributed by atoms with E-state index in [-0.39, 0.29) is 36.3 Å². The fraction of sp³-hybridized carbons (Fsp3) is 0.280. The minimum absolute atomic E-state index is 0.0467. The zero-order valence-corrected chi connectivity index (χ0v) is 18.4. The Morgan fingerprint density at radius 2 is 1.76 bits per heavy atom. The molecule has 6 nitrogen and oxygen atoms in total. The Kier molecular flexibility index (Phi) is 6.63. The maximum atomic E-state index is 12.9. The molecule has 0 bridgehead atoms. The van der Waals surface area contributed by atoms with Gasteiger partial charge in [0.05, 0.1) is 5.56 Å². The number of Topliss-reactive ketones (excluding diaryl/α,β-unsaturated/α-hetero) is 1. The van der Waals surface area contributed by atoms with E-state index >= 15 is 0 Å². The van der Waals surface area contributed by atoms with Crippen LogP contribution < -0.4 is 10.1 Å². The highest BCUT2D eigenvalue weighted by atomic mass is 19.4. The highest BCUT2D eigenvalue weighted by molar-refractivity contribution is 5.93. The van der Waals surface area contributed by atoms with E-state index in [1.165, 1.54) is 24.5 Å². The van der Waals surface area contributed by atoms with E-state index in [1.807, 2.05) is 6.92 Å². The predicted octanol–water partition coefficient (Wildman–Crippen LogP) is 5.30. The number of anilines is 1. The average Bonchev–Trinajstić information content (AvgIpc) is 3.61. The van der Waals surface area contributed by atoms with E-state index in [2.05, 4.69) is 15.3 Å². The van der Waals surface area contributed by atoms with Gasteiger partial charge in [-0.1, -0.05) is 30.3 Å². The van der Waals surface area contributed by atoms with E-state index in [0.717, 1.165) is 36.1 Å². The number of aromatic nitrogens is 2. The molecule has 1 aliphatic rings. The number of rotatable bonds is 8. The number of nitrogens with one attached hydrogen (secondary N) is 1. The fourth-order valence-electron chi connectivity index (χ4n) is 3.46. The summed E-state index contributed by atoms with van der Waals surface area (Å²) in [6, 6.07) is 11.6. The first-order valence-corrected chi connectivity index (χ1v) is 10.8. The molecular weight excluding hydrogens is 447 g/mol. The summed E-state index contributed by atoms with van der Waals surface area (Å²) in [4.78, 5) is 32.5. The summed E-state index contributed by atoms with van der Waals surface area (Å²) in [7, 11) is 0. The Morgan fingerprint density at radius 3 is 2.44 bits per heavy atom. The number of carbonyl (C=O) groups is 2. The predicted molar refractivity (Wildman–Crippen MR) is 118 cm³/mol. The standard InChI is InChI=1S/C25H22F3N3O3/c1-15-9-17(12-20(32)11-16-3-2-4-19(10-16)25(26,27)28)5-8-21(15)34-23-13-22(29-14-30-23)31-24(33)18-6-7-18/h2-5,8-10,13-14,18H,6-7,11-12H2,1H3,(H,29,30,31,33). The Hall–Kier alpha value is -3.75. The van der Waals surface area contributed by atoms with Gasteiger partial charge in [0.2, 0.25) is 11.8 Å². The first-order valence-electron chi connectivity index (χ1n) is 10.8. The van der Waals surface area contributed by atoms with Gasteiger partial charge in [0.1, 0.15) is 23.7 Å². The van der Waals surface area contributed by atoms with Gasteiger partial charge in [0.25, 0.3) is 0 Å². The van der Waals surface area contributed by atoms with Gasteiger partial charge in [-0.25, -0.2) is 9.97 Å². The second kappa shape index (κ2) is 9.62. The number of ketones is 1. The number of halogens is 3. The molecule has 0 unspecified atom stereocenters. The van der Waals surface area contributed by atoms with Crippen molar-refractivity contribution in [3.05, 3.63) is 77.1 Å². The number of hydrogen-bond acceptors (Lipinski definition) is 5. The fourth-order valence-corrected chi connectivity index (χ4v) is 3.46. The Balaban J connectivity index is 1.38. The summed E-state index contributed by atoms with van der Waals surface area (Å²) in [5, 5.41) is 2.74. The van der Waals surface area contributed by atoms with Gasteiger partial charge in [0.15, 0.2) is 0 Å². The average molecular weight is 469 g/mol. The van der Waals surface area contributed by atoms with Crippen molar-refractivity contribution < 1.29 is 27.5 Å². The van der Waals surface area contributed by atoms with Gasteiger partial charge < -0.3 is 10.1 Å². The van der Waals surface area contributed by atoms with E-state index in [4.69, 9.17) is 4.74 Å². The maximum absolute atomic E-state index is 12.9. The van der Waals surface area contributed by atoms with Crippen molar-refractivity contribution >= 4 is 17.5 Å². The molecule has 2 aromatic carbocycles. The van der Waals surface area contributed by atoms with Gasteiger partial charge in [-0.05, 0) is 48.6 Å². The maximum Gasteiger partial charge on any atom is 0.416 e. The zero-order chi connectivity index (χ0) is 24.3. The van der Waals surface area contributed by atoms with Crippen LogP contribution in [-0.4, -0.2) is 21.7 Å². The third-order valence-electron chi connectivity index (χ3n) is 5.35. The molecule has 1 saturated carbocycles. The van der Waals surface area contributed by atoms with Crippen molar-refractivity contribution in [3.8, 4) is 11.6 Å². The summed E-state index contributed by atoms with van der Waals surface area (Å²) in [6.45, 7) is 1.81. The second-order valence-corrected chi connectivity index (χ2v) is 8.30. The topological polar surface area (TPSA) is 81.2 Å².